The van der Waals surface area contributed by atoms with Crippen molar-refractivity contribution in [3.63, 3.8) is 0 Å². The van der Waals surface area contributed by atoms with E-state index in [0.29, 0.717) is 12.5 Å². The van der Waals surface area contributed by atoms with Gasteiger partial charge in [-0.25, -0.2) is 0 Å². The van der Waals surface area contributed by atoms with Gasteiger partial charge in [-0.3, -0.25) is 4.79 Å². The second-order valence-electron chi connectivity index (χ2n) is 4.61. The lowest BCUT2D eigenvalue weighted by molar-refractivity contribution is -0.140. The molecule has 0 amide bonds. The number of ether oxygens (including phenoxy) is 1. The molecule has 3 nitrogen and oxygen atoms in total. The third-order valence-electron chi connectivity index (χ3n) is 3.20. The Bertz CT molecular complexity index is 392. The molecule has 0 aliphatic carbocycles. The summed E-state index contributed by atoms with van der Waals surface area (Å²) in [4.78, 5) is 11.1. The van der Waals surface area contributed by atoms with Crippen molar-refractivity contribution < 1.29 is 9.53 Å². The molecule has 112 valence electrons. The Hall–Kier alpha value is -1.00. The molecule has 0 saturated heterocycles. The van der Waals surface area contributed by atoms with Gasteiger partial charge < -0.3 is 10.1 Å². The fourth-order valence-electron chi connectivity index (χ4n) is 1.96. The fraction of sp³-hybridized carbons (Fsp3) is 0.562. The first-order valence-corrected chi connectivity index (χ1v) is 8.33. The molecule has 0 bridgehead atoms. The Labute approximate surface area is 126 Å². The molecule has 1 rings (SSSR count). The number of hydrogen-bond acceptors (Lipinski definition) is 4. The van der Waals surface area contributed by atoms with Crippen molar-refractivity contribution in [2.75, 3.05) is 25.2 Å². The van der Waals surface area contributed by atoms with Crippen LogP contribution in [-0.4, -0.2) is 31.1 Å². The topological polar surface area (TPSA) is 38.3 Å². The molecule has 1 N–H and O–H groups in total. The lowest BCUT2D eigenvalue weighted by Gasteiger charge is -2.18. The largest absolute Gasteiger partial charge is 0.469 e. The molecule has 1 aromatic carbocycles. The molecule has 0 heterocycles. The second-order valence-corrected chi connectivity index (χ2v) is 5.76. The van der Waals surface area contributed by atoms with Gasteiger partial charge in [-0.15, -0.1) is 0 Å². The SMILES string of the molecule is CCNC(CSCCC(=O)OC)c1ccc(CC)cc1. The Balaban J connectivity index is 2.48. The van der Waals surface area contributed by atoms with E-state index in [0.717, 1.165) is 24.5 Å². The molecule has 1 atom stereocenters. The molecule has 0 aliphatic heterocycles. The van der Waals surface area contributed by atoms with Crippen LogP contribution in [0.2, 0.25) is 0 Å². The minimum absolute atomic E-state index is 0.134. The zero-order valence-corrected chi connectivity index (χ0v) is 13.5. The van der Waals surface area contributed by atoms with Crippen LogP contribution in [0, 0.1) is 0 Å². The number of carbonyl (C=O) groups is 1. The summed E-state index contributed by atoms with van der Waals surface area (Å²) >= 11 is 1.79. The highest BCUT2D eigenvalue weighted by molar-refractivity contribution is 7.99. The summed E-state index contributed by atoms with van der Waals surface area (Å²) in [6.45, 7) is 5.23. The van der Waals surface area contributed by atoms with Crippen LogP contribution in [0.3, 0.4) is 0 Å². The maximum Gasteiger partial charge on any atom is 0.306 e. The van der Waals surface area contributed by atoms with Crippen molar-refractivity contribution in [2.45, 2.75) is 32.7 Å². The van der Waals surface area contributed by atoms with E-state index in [1.54, 1.807) is 11.8 Å². The molecule has 4 heteroatoms. The molecule has 0 radical (unpaired) electrons. The van der Waals surface area contributed by atoms with Gasteiger partial charge in [-0.1, -0.05) is 38.1 Å². The fourth-order valence-corrected chi connectivity index (χ4v) is 2.99. The quantitative estimate of drug-likeness (QED) is 0.561. The highest BCUT2D eigenvalue weighted by Crippen LogP contribution is 2.20. The molecule has 0 fully saturated rings. The zero-order chi connectivity index (χ0) is 14.8. The Morgan fingerprint density at radius 2 is 2.00 bits per heavy atom. The standard InChI is InChI=1S/C16H25NO2S/c1-4-13-6-8-14(9-7-13)15(17-5-2)12-20-11-10-16(18)19-3/h6-9,15,17H,4-5,10-12H2,1-3H3. The molecule has 0 aliphatic rings. The highest BCUT2D eigenvalue weighted by atomic mass is 32.2. The number of hydrogen-bond donors (Lipinski definition) is 1. The van der Waals surface area contributed by atoms with Crippen molar-refractivity contribution in [3.05, 3.63) is 35.4 Å². The summed E-state index contributed by atoms with van der Waals surface area (Å²) in [5.41, 5.74) is 2.68. The number of benzene rings is 1. The van der Waals surface area contributed by atoms with E-state index in [2.05, 4.69) is 48.2 Å². The van der Waals surface area contributed by atoms with Gasteiger partial charge >= 0.3 is 5.97 Å². The smallest absolute Gasteiger partial charge is 0.306 e. The zero-order valence-electron chi connectivity index (χ0n) is 12.6. The molecule has 20 heavy (non-hydrogen) atoms. The van der Waals surface area contributed by atoms with E-state index in [9.17, 15) is 4.79 Å². The van der Waals surface area contributed by atoms with Crippen molar-refractivity contribution in [1.82, 2.24) is 5.32 Å². The van der Waals surface area contributed by atoms with Gasteiger partial charge in [-0.05, 0) is 24.1 Å². The summed E-state index contributed by atoms with van der Waals surface area (Å²) in [6, 6.07) is 9.13. The first-order valence-electron chi connectivity index (χ1n) is 7.18. The van der Waals surface area contributed by atoms with E-state index < -0.39 is 0 Å². The van der Waals surface area contributed by atoms with Gasteiger partial charge in [0.25, 0.3) is 0 Å². The van der Waals surface area contributed by atoms with Crippen molar-refractivity contribution in [3.8, 4) is 0 Å². The van der Waals surface area contributed by atoms with Gasteiger partial charge in [-0.2, -0.15) is 11.8 Å². The Morgan fingerprint density at radius 1 is 1.30 bits per heavy atom. The number of thioether (sulfide) groups is 1. The van der Waals surface area contributed by atoms with E-state index >= 15 is 0 Å². The third kappa shape index (κ3) is 5.97. The first-order chi connectivity index (χ1) is 9.71. The van der Waals surface area contributed by atoms with Crippen LogP contribution in [0.25, 0.3) is 0 Å². The molecule has 0 aromatic heterocycles. The van der Waals surface area contributed by atoms with Gasteiger partial charge in [0.15, 0.2) is 0 Å². The number of rotatable bonds is 9. The Morgan fingerprint density at radius 3 is 2.55 bits per heavy atom. The molecular formula is C16H25NO2S. The van der Waals surface area contributed by atoms with Gasteiger partial charge in [0.1, 0.15) is 0 Å². The van der Waals surface area contributed by atoms with E-state index in [1.807, 2.05) is 0 Å². The lowest BCUT2D eigenvalue weighted by Crippen LogP contribution is -2.23. The van der Waals surface area contributed by atoms with Gasteiger partial charge in [0.05, 0.1) is 13.5 Å². The Kier molecular flexibility index (Phi) is 8.38. The summed E-state index contributed by atoms with van der Waals surface area (Å²) in [5, 5.41) is 3.50. The normalized spacial score (nSPS) is 12.2. The van der Waals surface area contributed by atoms with Crippen LogP contribution in [-0.2, 0) is 16.0 Å². The predicted molar refractivity (Wildman–Crippen MR) is 86.2 cm³/mol. The minimum atomic E-state index is -0.134. The van der Waals surface area contributed by atoms with Crippen LogP contribution in [0.1, 0.15) is 37.4 Å². The molecule has 0 saturated carbocycles. The van der Waals surface area contributed by atoms with Crippen molar-refractivity contribution in [2.24, 2.45) is 0 Å². The lowest BCUT2D eigenvalue weighted by atomic mass is 10.1. The van der Waals surface area contributed by atoms with Crippen LogP contribution in [0.4, 0.5) is 0 Å². The monoisotopic (exact) mass is 295 g/mol. The van der Waals surface area contributed by atoms with Gasteiger partial charge in [0, 0.05) is 17.5 Å². The number of esters is 1. The summed E-state index contributed by atoms with van der Waals surface area (Å²) < 4.78 is 4.65. The second kappa shape index (κ2) is 9.83. The highest BCUT2D eigenvalue weighted by Gasteiger charge is 2.10. The average molecular weight is 295 g/mol. The van der Waals surface area contributed by atoms with Crippen molar-refractivity contribution >= 4 is 17.7 Å². The maximum atomic E-state index is 11.1. The van der Waals surface area contributed by atoms with Crippen LogP contribution >= 0.6 is 11.8 Å². The molecule has 1 unspecified atom stereocenters. The van der Waals surface area contributed by atoms with Crippen LogP contribution in [0.15, 0.2) is 24.3 Å². The van der Waals surface area contributed by atoms with Crippen molar-refractivity contribution in [1.29, 1.82) is 0 Å². The number of nitrogens with one attached hydrogen (secondary N) is 1. The number of aryl methyl sites for hydroxylation is 1. The van der Waals surface area contributed by atoms with E-state index in [4.69, 9.17) is 0 Å². The first kappa shape index (κ1) is 17.1. The molecule has 1 aromatic rings. The summed E-state index contributed by atoms with van der Waals surface area (Å²) in [5.74, 6) is 1.64. The number of carbonyl (C=O) groups excluding carboxylic acids is 1. The van der Waals surface area contributed by atoms with Gasteiger partial charge in [0.2, 0.25) is 0 Å². The van der Waals surface area contributed by atoms with E-state index in [1.165, 1.54) is 18.2 Å². The third-order valence-corrected chi connectivity index (χ3v) is 4.27. The van der Waals surface area contributed by atoms with E-state index in [-0.39, 0.29) is 5.97 Å². The van der Waals surface area contributed by atoms with Crippen LogP contribution < -0.4 is 5.32 Å². The maximum absolute atomic E-state index is 11.1. The predicted octanol–water partition coefficient (Wildman–Crippen LogP) is 3.20. The average Bonchev–Trinajstić information content (AvgIpc) is 2.50. The molecular weight excluding hydrogens is 270 g/mol. The summed E-state index contributed by atoms with van der Waals surface area (Å²) in [7, 11) is 1.43. The number of methoxy groups -OCH3 is 1. The molecule has 0 spiro atoms. The van der Waals surface area contributed by atoms with Crippen LogP contribution in [0.5, 0.6) is 0 Å². The summed E-state index contributed by atoms with van der Waals surface area (Å²) in [6.07, 6.45) is 1.55. The minimum Gasteiger partial charge on any atom is -0.469 e.